The van der Waals surface area contributed by atoms with Crippen LogP contribution in [0.2, 0.25) is 0 Å². The van der Waals surface area contributed by atoms with E-state index in [9.17, 15) is 4.79 Å². The quantitative estimate of drug-likeness (QED) is 0.447. The van der Waals surface area contributed by atoms with E-state index in [0.717, 1.165) is 19.4 Å². The second-order valence-electron chi connectivity index (χ2n) is 3.73. The first kappa shape index (κ1) is 15.4. The molecule has 0 rings (SSSR count). The van der Waals surface area contributed by atoms with Gasteiger partial charge in [0.05, 0.1) is 13.2 Å². The number of hydrogen-bond donors (Lipinski definition) is 0. The van der Waals surface area contributed by atoms with Gasteiger partial charge in [-0.15, -0.1) is 0 Å². The molecule has 96 valence electrons. The monoisotopic (exact) mass is 231 g/mol. The van der Waals surface area contributed by atoms with Gasteiger partial charge in [-0.25, -0.2) is 0 Å². The van der Waals surface area contributed by atoms with Crippen LogP contribution in [0, 0.1) is 0 Å². The van der Waals surface area contributed by atoms with Crippen LogP contribution in [0.25, 0.3) is 0 Å². The number of hydrogen-bond acceptors (Lipinski definition) is 4. The third-order valence-electron chi connectivity index (χ3n) is 2.45. The van der Waals surface area contributed by atoms with E-state index in [-0.39, 0.29) is 12.0 Å². The molecule has 0 aromatic carbocycles. The molecule has 4 nitrogen and oxygen atoms in total. The fourth-order valence-corrected chi connectivity index (χ4v) is 1.54. The number of rotatable bonds is 9. The van der Waals surface area contributed by atoms with Crippen molar-refractivity contribution in [3.8, 4) is 0 Å². The molecule has 0 amide bonds. The Labute approximate surface area is 98.9 Å². The van der Waals surface area contributed by atoms with E-state index in [4.69, 9.17) is 9.47 Å². The van der Waals surface area contributed by atoms with Gasteiger partial charge in [0.2, 0.25) is 0 Å². The molecular weight excluding hydrogens is 206 g/mol. The summed E-state index contributed by atoms with van der Waals surface area (Å²) in [4.78, 5) is 13.7. The molecule has 0 fully saturated rings. The average Bonchev–Trinajstić information content (AvgIpc) is 2.26. The van der Waals surface area contributed by atoms with Crippen molar-refractivity contribution in [1.29, 1.82) is 0 Å². The van der Waals surface area contributed by atoms with E-state index in [1.165, 1.54) is 0 Å². The normalized spacial score (nSPS) is 12.8. The van der Waals surface area contributed by atoms with Gasteiger partial charge >= 0.3 is 5.97 Å². The lowest BCUT2D eigenvalue weighted by Crippen LogP contribution is -2.41. The molecule has 0 radical (unpaired) electrons. The Kier molecular flexibility index (Phi) is 9.24. The zero-order valence-corrected chi connectivity index (χ0v) is 11.0. The fraction of sp³-hybridized carbons (Fsp3) is 0.917. The minimum absolute atomic E-state index is 0.122. The lowest BCUT2D eigenvalue weighted by Gasteiger charge is -2.25. The van der Waals surface area contributed by atoms with Gasteiger partial charge in [0.25, 0.3) is 0 Å². The van der Waals surface area contributed by atoms with E-state index in [2.05, 4.69) is 6.92 Å². The Morgan fingerprint density at radius 3 is 2.44 bits per heavy atom. The van der Waals surface area contributed by atoms with Crippen molar-refractivity contribution in [2.75, 3.05) is 33.4 Å². The Morgan fingerprint density at radius 2 is 1.94 bits per heavy atom. The summed E-state index contributed by atoms with van der Waals surface area (Å²) in [5.74, 6) is -0.122. The summed E-state index contributed by atoms with van der Waals surface area (Å²) >= 11 is 0. The molecule has 16 heavy (non-hydrogen) atoms. The Balaban J connectivity index is 4.11. The van der Waals surface area contributed by atoms with Crippen LogP contribution < -0.4 is 0 Å². The summed E-state index contributed by atoms with van der Waals surface area (Å²) in [6.07, 6.45) is 1.81. The first-order valence-electron chi connectivity index (χ1n) is 6.11. The van der Waals surface area contributed by atoms with Crippen LogP contribution in [0.15, 0.2) is 0 Å². The highest BCUT2D eigenvalue weighted by molar-refractivity contribution is 5.75. The van der Waals surface area contributed by atoms with Gasteiger partial charge in [0, 0.05) is 13.2 Å². The third kappa shape index (κ3) is 6.08. The second-order valence-corrected chi connectivity index (χ2v) is 3.73. The highest BCUT2D eigenvalue weighted by Crippen LogP contribution is 2.07. The van der Waals surface area contributed by atoms with Crippen molar-refractivity contribution in [3.05, 3.63) is 0 Å². The van der Waals surface area contributed by atoms with Gasteiger partial charge in [-0.05, 0) is 27.3 Å². The van der Waals surface area contributed by atoms with Crippen LogP contribution in [0.3, 0.4) is 0 Å². The van der Waals surface area contributed by atoms with Crippen molar-refractivity contribution >= 4 is 5.97 Å². The summed E-state index contributed by atoms with van der Waals surface area (Å²) in [5.41, 5.74) is 0. The van der Waals surface area contributed by atoms with Gasteiger partial charge in [0.1, 0.15) is 6.04 Å². The van der Waals surface area contributed by atoms with Crippen LogP contribution >= 0.6 is 0 Å². The maximum absolute atomic E-state index is 11.7. The summed E-state index contributed by atoms with van der Waals surface area (Å²) < 4.78 is 10.3. The molecule has 4 heteroatoms. The molecule has 0 spiro atoms. The van der Waals surface area contributed by atoms with E-state index >= 15 is 0 Å². The maximum Gasteiger partial charge on any atom is 0.323 e. The van der Waals surface area contributed by atoms with Crippen molar-refractivity contribution < 1.29 is 14.3 Å². The van der Waals surface area contributed by atoms with Crippen LogP contribution in [0.4, 0.5) is 0 Å². The molecule has 0 aromatic rings. The van der Waals surface area contributed by atoms with E-state index in [1.54, 1.807) is 0 Å². The molecular formula is C12H25NO3. The minimum atomic E-state index is -0.134. The first-order valence-corrected chi connectivity index (χ1v) is 6.11. The number of ether oxygens (including phenoxy) is 2. The molecule has 0 heterocycles. The molecule has 0 aliphatic rings. The maximum atomic E-state index is 11.7. The van der Waals surface area contributed by atoms with Crippen molar-refractivity contribution in [3.63, 3.8) is 0 Å². The zero-order chi connectivity index (χ0) is 12.4. The predicted octanol–water partition coefficient (Wildman–Crippen LogP) is 1.69. The van der Waals surface area contributed by atoms with Crippen LogP contribution in [0.1, 0.15) is 33.6 Å². The number of carbonyl (C=O) groups is 1. The standard InChI is InChI=1S/C12H25NO3/c1-5-8-11(12(14)16-7-3)13(4)9-10-15-6-2/h11H,5-10H2,1-4H3. The largest absolute Gasteiger partial charge is 0.465 e. The lowest BCUT2D eigenvalue weighted by molar-refractivity contribution is -0.149. The molecule has 0 aliphatic heterocycles. The van der Waals surface area contributed by atoms with E-state index in [0.29, 0.717) is 19.8 Å². The first-order chi connectivity index (χ1) is 7.67. The SMILES string of the molecule is CCCC(C(=O)OCC)N(C)CCOCC. The molecule has 0 aromatic heterocycles. The van der Waals surface area contributed by atoms with Gasteiger partial charge in [-0.2, -0.15) is 0 Å². The number of carbonyl (C=O) groups excluding carboxylic acids is 1. The summed E-state index contributed by atoms with van der Waals surface area (Å²) in [7, 11) is 1.94. The summed E-state index contributed by atoms with van der Waals surface area (Å²) in [6.45, 7) is 8.45. The van der Waals surface area contributed by atoms with E-state index in [1.807, 2.05) is 25.8 Å². The molecule has 0 saturated heterocycles. The highest BCUT2D eigenvalue weighted by Gasteiger charge is 2.22. The molecule has 0 saturated carbocycles. The van der Waals surface area contributed by atoms with E-state index < -0.39 is 0 Å². The highest BCUT2D eigenvalue weighted by atomic mass is 16.5. The molecule has 0 N–H and O–H groups in total. The third-order valence-corrected chi connectivity index (χ3v) is 2.45. The average molecular weight is 231 g/mol. The van der Waals surface area contributed by atoms with Crippen molar-refractivity contribution in [2.24, 2.45) is 0 Å². The summed E-state index contributed by atoms with van der Waals surface area (Å²) in [6, 6.07) is -0.134. The van der Waals surface area contributed by atoms with Crippen molar-refractivity contribution in [2.45, 2.75) is 39.7 Å². The van der Waals surface area contributed by atoms with Gasteiger partial charge in [-0.1, -0.05) is 13.3 Å². The van der Waals surface area contributed by atoms with Crippen LogP contribution in [-0.4, -0.2) is 50.3 Å². The topological polar surface area (TPSA) is 38.8 Å². The van der Waals surface area contributed by atoms with Gasteiger partial charge < -0.3 is 9.47 Å². The summed E-state index contributed by atoms with van der Waals surface area (Å²) in [5, 5.41) is 0. The Bertz CT molecular complexity index is 185. The molecule has 0 aliphatic carbocycles. The predicted molar refractivity (Wildman–Crippen MR) is 64.5 cm³/mol. The Morgan fingerprint density at radius 1 is 1.25 bits per heavy atom. The second kappa shape index (κ2) is 9.60. The molecule has 1 atom stereocenters. The molecule has 1 unspecified atom stereocenters. The van der Waals surface area contributed by atoms with Crippen molar-refractivity contribution in [1.82, 2.24) is 4.90 Å². The number of esters is 1. The lowest BCUT2D eigenvalue weighted by atomic mass is 10.1. The van der Waals surface area contributed by atoms with Gasteiger partial charge in [0.15, 0.2) is 0 Å². The van der Waals surface area contributed by atoms with Crippen LogP contribution in [-0.2, 0) is 14.3 Å². The fourth-order valence-electron chi connectivity index (χ4n) is 1.54. The zero-order valence-electron chi connectivity index (χ0n) is 11.0. The smallest absolute Gasteiger partial charge is 0.323 e. The Hall–Kier alpha value is -0.610. The number of likely N-dealkylation sites (N-methyl/N-ethyl adjacent to an activating group) is 1. The van der Waals surface area contributed by atoms with Crippen LogP contribution in [0.5, 0.6) is 0 Å². The van der Waals surface area contributed by atoms with Gasteiger partial charge in [-0.3, -0.25) is 9.69 Å². The molecule has 0 bridgehead atoms. The minimum Gasteiger partial charge on any atom is -0.465 e. The number of nitrogens with zero attached hydrogens (tertiary/aromatic N) is 1.